The molecule has 0 aromatic heterocycles. The van der Waals surface area contributed by atoms with Crippen molar-refractivity contribution in [2.75, 3.05) is 40.1 Å². The summed E-state index contributed by atoms with van der Waals surface area (Å²) in [5.74, 6) is 0.108. The van der Waals surface area contributed by atoms with Crippen LogP contribution in [0.15, 0.2) is 53.5 Å². The molecule has 172 valence electrons. The molecule has 1 amide bonds. The van der Waals surface area contributed by atoms with Crippen molar-refractivity contribution in [3.05, 3.63) is 59.7 Å². The summed E-state index contributed by atoms with van der Waals surface area (Å²) >= 11 is 0. The Morgan fingerprint density at radius 1 is 1.09 bits per heavy atom. The molecule has 3 heterocycles. The van der Waals surface area contributed by atoms with Crippen LogP contribution in [0.25, 0.3) is 0 Å². The number of nitrogens with zero attached hydrogens (tertiary/aromatic N) is 3. The van der Waals surface area contributed by atoms with Gasteiger partial charge >= 0.3 is 5.97 Å². The second kappa shape index (κ2) is 9.11. The second-order valence-electron chi connectivity index (χ2n) is 8.25. The van der Waals surface area contributed by atoms with Gasteiger partial charge in [-0.1, -0.05) is 36.4 Å². The zero-order valence-corrected chi connectivity index (χ0v) is 18.4. The van der Waals surface area contributed by atoms with E-state index in [0.717, 1.165) is 36.7 Å². The number of carbonyl (C=O) groups is 2. The van der Waals surface area contributed by atoms with Gasteiger partial charge in [0.25, 0.3) is 0 Å². The van der Waals surface area contributed by atoms with Gasteiger partial charge < -0.3 is 19.1 Å². The number of aliphatic imine (C=N–C) groups is 1. The molecule has 3 aliphatic heterocycles. The number of ether oxygens (including phenoxy) is 3. The Hall–Kier alpha value is -3.59. The van der Waals surface area contributed by atoms with Crippen LogP contribution in [0.3, 0.4) is 0 Å². The van der Waals surface area contributed by atoms with E-state index < -0.39 is 17.9 Å². The summed E-state index contributed by atoms with van der Waals surface area (Å²) in [6.07, 6.45) is 0. The van der Waals surface area contributed by atoms with Crippen LogP contribution in [0.5, 0.6) is 11.5 Å². The van der Waals surface area contributed by atoms with E-state index in [1.54, 1.807) is 0 Å². The minimum absolute atomic E-state index is 0.270. The Morgan fingerprint density at radius 3 is 2.61 bits per heavy atom. The lowest BCUT2D eigenvalue weighted by Crippen LogP contribution is -2.57. The summed E-state index contributed by atoms with van der Waals surface area (Å²) < 4.78 is 15.7. The van der Waals surface area contributed by atoms with E-state index in [0.29, 0.717) is 19.0 Å². The van der Waals surface area contributed by atoms with Gasteiger partial charge in [0.05, 0.1) is 7.11 Å². The standard InChI is InChI=1S/C24H26N4O5/c1-31-23(30)20-21(17-5-3-2-4-6-17)25-24(26-22(20)29)28-11-9-27(10-12-28)14-16-7-8-18-19(13-16)33-15-32-18/h2-8,13,20-21H,9-12,14-15H2,1H3,(H,25,26,29)/t20-,21+/m1/s1. The van der Waals surface area contributed by atoms with Crippen LogP contribution in [0, 0.1) is 5.92 Å². The van der Waals surface area contributed by atoms with Crippen LogP contribution in [0.2, 0.25) is 0 Å². The average Bonchev–Trinajstić information content (AvgIpc) is 3.32. The quantitative estimate of drug-likeness (QED) is 0.558. The number of methoxy groups -OCH3 is 1. The molecule has 0 aliphatic carbocycles. The highest BCUT2D eigenvalue weighted by Crippen LogP contribution is 2.33. The lowest BCUT2D eigenvalue weighted by atomic mass is 9.91. The first-order valence-corrected chi connectivity index (χ1v) is 11.0. The maximum Gasteiger partial charge on any atom is 0.320 e. The van der Waals surface area contributed by atoms with Crippen LogP contribution in [-0.4, -0.2) is 67.7 Å². The third kappa shape index (κ3) is 4.36. The van der Waals surface area contributed by atoms with Gasteiger partial charge in [-0.3, -0.25) is 19.8 Å². The highest BCUT2D eigenvalue weighted by Gasteiger charge is 2.42. The van der Waals surface area contributed by atoms with Crippen molar-refractivity contribution in [3.63, 3.8) is 0 Å². The molecule has 0 bridgehead atoms. The molecular formula is C24H26N4O5. The molecule has 5 rings (SSSR count). The summed E-state index contributed by atoms with van der Waals surface area (Å²) in [5, 5.41) is 2.83. The molecule has 1 saturated heterocycles. The van der Waals surface area contributed by atoms with E-state index in [2.05, 4.69) is 21.2 Å². The zero-order valence-electron chi connectivity index (χ0n) is 18.4. The van der Waals surface area contributed by atoms with Gasteiger partial charge in [0.1, 0.15) is 6.04 Å². The number of benzene rings is 2. The van der Waals surface area contributed by atoms with Crippen LogP contribution in [0.4, 0.5) is 0 Å². The molecule has 9 nitrogen and oxygen atoms in total. The number of nitrogens with one attached hydrogen (secondary N) is 1. The van der Waals surface area contributed by atoms with Crippen LogP contribution in [-0.2, 0) is 20.9 Å². The topological polar surface area (TPSA) is 92.7 Å². The molecule has 9 heteroatoms. The summed E-state index contributed by atoms with van der Waals surface area (Å²) in [6, 6.07) is 14.8. The van der Waals surface area contributed by atoms with Crippen molar-refractivity contribution in [1.82, 2.24) is 15.1 Å². The molecule has 0 radical (unpaired) electrons. The van der Waals surface area contributed by atoms with Crippen LogP contribution >= 0.6 is 0 Å². The van der Waals surface area contributed by atoms with Gasteiger partial charge in [-0.15, -0.1) is 0 Å². The van der Waals surface area contributed by atoms with Crippen LogP contribution in [0.1, 0.15) is 17.2 Å². The Balaban J connectivity index is 1.28. The minimum Gasteiger partial charge on any atom is -0.468 e. The third-order valence-corrected chi connectivity index (χ3v) is 6.21. The Kier molecular flexibility index (Phi) is 5.87. The van der Waals surface area contributed by atoms with Crippen LogP contribution < -0.4 is 14.8 Å². The fourth-order valence-electron chi connectivity index (χ4n) is 4.43. The van der Waals surface area contributed by atoms with Gasteiger partial charge in [0.15, 0.2) is 17.4 Å². The van der Waals surface area contributed by atoms with E-state index in [4.69, 9.17) is 19.2 Å². The predicted molar refractivity (Wildman–Crippen MR) is 120 cm³/mol. The molecule has 0 unspecified atom stereocenters. The fraction of sp³-hybridized carbons (Fsp3) is 0.375. The summed E-state index contributed by atoms with van der Waals surface area (Å²) in [5.41, 5.74) is 1.97. The smallest absolute Gasteiger partial charge is 0.320 e. The van der Waals surface area contributed by atoms with Crippen molar-refractivity contribution < 1.29 is 23.8 Å². The van der Waals surface area contributed by atoms with Crippen molar-refractivity contribution in [1.29, 1.82) is 0 Å². The Bertz CT molecular complexity index is 1070. The zero-order chi connectivity index (χ0) is 22.8. The molecule has 33 heavy (non-hydrogen) atoms. The Labute approximate surface area is 191 Å². The number of fused-ring (bicyclic) bond motifs is 1. The van der Waals surface area contributed by atoms with E-state index in [-0.39, 0.29) is 12.7 Å². The second-order valence-corrected chi connectivity index (χ2v) is 8.25. The predicted octanol–water partition coefficient (Wildman–Crippen LogP) is 1.55. The van der Waals surface area contributed by atoms with Gasteiger partial charge in [-0.2, -0.15) is 0 Å². The normalized spacial score (nSPS) is 22.5. The number of piperazine rings is 1. The fourth-order valence-corrected chi connectivity index (χ4v) is 4.43. The number of hydrogen-bond donors (Lipinski definition) is 1. The number of rotatable bonds is 4. The first-order valence-electron chi connectivity index (χ1n) is 11.0. The van der Waals surface area contributed by atoms with Crippen molar-refractivity contribution in [3.8, 4) is 11.5 Å². The third-order valence-electron chi connectivity index (χ3n) is 6.21. The van der Waals surface area contributed by atoms with E-state index in [1.807, 2.05) is 42.5 Å². The number of hydrogen-bond acceptors (Lipinski definition) is 8. The highest BCUT2D eigenvalue weighted by atomic mass is 16.7. The molecule has 0 saturated carbocycles. The number of guanidine groups is 1. The average molecular weight is 450 g/mol. The van der Waals surface area contributed by atoms with Gasteiger partial charge in [-0.25, -0.2) is 4.99 Å². The van der Waals surface area contributed by atoms with E-state index in [1.165, 1.54) is 12.7 Å². The first-order chi connectivity index (χ1) is 16.1. The molecule has 0 spiro atoms. The summed E-state index contributed by atoms with van der Waals surface area (Å²) in [4.78, 5) is 34.4. The largest absolute Gasteiger partial charge is 0.468 e. The number of esters is 1. The van der Waals surface area contributed by atoms with Gasteiger partial charge in [0, 0.05) is 32.7 Å². The van der Waals surface area contributed by atoms with Crippen molar-refractivity contribution in [2.24, 2.45) is 10.9 Å². The lowest BCUT2D eigenvalue weighted by molar-refractivity contribution is -0.151. The van der Waals surface area contributed by atoms with Crippen molar-refractivity contribution >= 4 is 17.8 Å². The lowest BCUT2D eigenvalue weighted by Gasteiger charge is -2.39. The number of carbonyl (C=O) groups excluding carboxylic acids is 2. The highest BCUT2D eigenvalue weighted by molar-refractivity contribution is 6.08. The monoisotopic (exact) mass is 450 g/mol. The van der Waals surface area contributed by atoms with Crippen molar-refractivity contribution in [2.45, 2.75) is 12.6 Å². The maximum absolute atomic E-state index is 12.9. The van der Waals surface area contributed by atoms with E-state index >= 15 is 0 Å². The Morgan fingerprint density at radius 2 is 1.85 bits per heavy atom. The first kappa shape index (κ1) is 21.3. The minimum atomic E-state index is -1.01. The maximum atomic E-state index is 12.9. The molecular weight excluding hydrogens is 424 g/mol. The van der Waals surface area contributed by atoms with Gasteiger partial charge in [-0.05, 0) is 23.3 Å². The van der Waals surface area contributed by atoms with E-state index in [9.17, 15) is 9.59 Å². The summed E-state index contributed by atoms with van der Waals surface area (Å²) in [6.45, 7) is 4.15. The molecule has 3 aliphatic rings. The summed E-state index contributed by atoms with van der Waals surface area (Å²) in [7, 11) is 1.29. The SMILES string of the molecule is COC(=O)[C@H]1C(=O)NC(N2CCN(Cc3ccc4c(c3)OCO4)CC2)=N[C@H]1c1ccccc1. The molecule has 1 fully saturated rings. The molecule has 1 N–H and O–H groups in total. The molecule has 2 atom stereocenters. The number of amides is 1. The molecule has 2 aromatic rings. The van der Waals surface area contributed by atoms with Gasteiger partial charge in [0.2, 0.25) is 18.7 Å². The molecule has 2 aromatic carbocycles.